The Bertz CT molecular complexity index is 883. The van der Waals surface area contributed by atoms with Gasteiger partial charge >= 0.3 is 0 Å². The number of carbonyl (C=O) groups excluding carboxylic acids is 1. The van der Waals surface area contributed by atoms with Gasteiger partial charge in [0.2, 0.25) is 0 Å². The van der Waals surface area contributed by atoms with Crippen LogP contribution in [0.5, 0.6) is 0 Å². The zero-order valence-corrected chi connectivity index (χ0v) is 15.2. The Kier molecular flexibility index (Phi) is 4.83. The molecule has 3 rings (SSSR count). The van der Waals surface area contributed by atoms with Gasteiger partial charge in [-0.05, 0) is 33.3 Å². The quantitative estimate of drug-likeness (QED) is 0.759. The standard InChI is InChI=1S/C20H24N4O/c1-5-14(4)22-20(25)16-11-18(15-9-7-6-8-10-15)23-19-17(16)12-21-24(19)13(2)3/h6-14H,5H2,1-4H3,(H,22,25)/t14-/m0/s1. The van der Waals surface area contributed by atoms with Gasteiger partial charge in [0, 0.05) is 17.6 Å². The third-order valence-electron chi connectivity index (χ3n) is 4.36. The van der Waals surface area contributed by atoms with E-state index in [1.54, 1.807) is 6.20 Å². The summed E-state index contributed by atoms with van der Waals surface area (Å²) in [5.41, 5.74) is 3.13. The molecule has 0 saturated carbocycles. The molecule has 3 aromatic rings. The van der Waals surface area contributed by atoms with Crippen LogP contribution in [0.3, 0.4) is 0 Å². The number of benzene rings is 1. The van der Waals surface area contributed by atoms with Crippen LogP contribution >= 0.6 is 0 Å². The molecule has 1 amide bonds. The minimum Gasteiger partial charge on any atom is -0.350 e. The molecule has 1 atom stereocenters. The Morgan fingerprint density at radius 1 is 1.20 bits per heavy atom. The Morgan fingerprint density at radius 2 is 1.92 bits per heavy atom. The van der Waals surface area contributed by atoms with E-state index < -0.39 is 0 Å². The van der Waals surface area contributed by atoms with E-state index in [1.165, 1.54) is 0 Å². The number of amides is 1. The summed E-state index contributed by atoms with van der Waals surface area (Å²) in [7, 11) is 0. The van der Waals surface area contributed by atoms with Crippen LogP contribution in [0.1, 0.15) is 50.5 Å². The van der Waals surface area contributed by atoms with Crippen molar-refractivity contribution in [2.24, 2.45) is 0 Å². The lowest BCUT2D eigenvalue weighted by Gasteiger charge is -2.14. The van der Waals surface area contributed by atoms with E-state index >= 15 is 0 Å². The predicted octanol–water partition coefficient (Wildman–Crippen LogP) is 4.21. The molecule has 0 aliphatic carbocycles. The smallest absolute Gasteiger partial charge is 0.252 e. The van der Waals surface area contributed by atoms with Gasteiger partial charge in [-0.25, -0.2) is 9.67 Å². The predicted molar refractivity (Wildman–Crippen MR) is 101 cm³/mol. The van der Waals surface area contributed by atoms with Crippen LogP contribution in [0.25, 0.3) is 22.3 Å². The molecule has 0 fully saturated rings. The lowest BCUT2D eigenvalue weighted by Crippen LogP contribution is -2.32. The second-order valence-corrected chi connectivity index (χ2v) is 6.62. The molecule has 0 unspecified atom stereocenters. The SMILES string of the molecule is CC[C@H](C)NC(=O)c1cc(-c2ccccc2)nc2c1cnn2C(C)C. The molecule has 0 aliphatic heterocycles. The first-order valence-corrected chi connectivity index (χ1v) is 8.75. The first kappa shape index (κ1) is 17.1. The third kappa shape index (κ3) is 3.40. The lowest BCUT2D eigenvalue weighted by molar-refractivity contribution is 0.0941. The monoisotopic (exact) mass is 336 g/mol. The van der Waals surface area contributed by atoms with E-state index in [0.717, 1.165) is 28.7 Å². The fourth-order valence-corrected chi connectivity index (χ4v) is 2.74. The molecule has 2 heterocycles. The summed E-state index contributed by atoms with van der Waals surface area (Å²) < 4.78 is 1.86. The van der Waals surface area contributed by atoms with Crippen molar-refractivity contribution in [3.05, 3.63) is 48.2 Å². The van der Waals surface area contributed by atoms with Crippen molar-refractivity contribution in [3.8, 4) is 11.3 Å². The highest BCUT2D eigenvalue weighted by Crippen LogP contribution is 2.26. The fraction of sp³-hybridized carbons (Fsp3) is 0.350. The Hall–Kier alpha value is -2.69. The summed E-state index contributed by atoms with van der Waals surface area (Å²) in [5, 5.41) is 8.28. The molecule has 0 saturated heterocycles. The molecule has 1 aromatic carbocycles. The van der Waals surface area contributed by atoms with Gasteiger partial charge in [0.25, 0.3) is 5.91 Å². The minimum absolute atomic E-state index is 0.0813. The van der Waals surface area contributed by atoms with Crippen LogP contribution in [0.4, 0.5) is 0 Å². The van der Waals surface area contributed by atoms with Crippen LogP contribution in [0, 0.1) is 0 Å². The molecule has 0 radical (unpaired) electrons. The van der Waals surface area contributed by atoms with E-state index in [1.807, 2.05) is 48.0 Å². The number of fused-ring (bicyclic) bond motifs is 1. The Morgan fingerprint density at radius 3 is 2.56 bits per heavy atom. The zero-order chi connectivity index (χ0) is 18.0. The molecule has 0 bridgehead atoms. The van der Waals surface area contributed by atoms with Crippen molar-refractivity contribution >= 4 is 16.9 Å². The fourth-order valence-electron chi connectivity index (χ4n) is 2.74. The number of hydrogen-bond donors (Lipinski definition) is 1. The van der Waals surface area contributed by atoms with Crippen molar-refractivity contribution in [1.82, 2.24) is 20.1 Å². The van der Waals surface area contributed by atoms with E-state index in [9.17, 15) is 4.79 Å². The van der Waals surface area contributed by atoms with Crippen LogP contribution in [-0.4, -0.2) is 26.7 Å². The van der Waals surface area contributed by atoms with Gasteiger partial charge in [-0.15, -0.1) is 0 Å². The van der Waals surface area contributed by atoms with E-state index in [0.29, 0.717) is 5.56 Å². The molecule has 130 valence electrons. The summed E-state index contributed by atoms with van der Waals surface area (Å²) in [6.45, 7) is 8.18. The Labute approximate surface area is 148 Å². The molecule has 1 N–H and O–H groups in total. The summed E-state index contributed by atoms with van der Waals surface area (Å²) in [6, 6.07) is 12.1. The number of carbonyl (C=O) groups is 1. The molecule has 5 nitrogen and oxygen atoms in total. The number of nitrogens with one attached hydrogen (secondary N) is 1. The third-order valence-corrected chi connectivity index (χ3v) is 4.36. The molecule has 0 aliphatic rings. The summed E-state index contributed by atoms with van der Waals surface area (Å²) in [6.07, 6.45) is 2.62. The Balaban J connectivity index is 2.18. The molecule has 25 heavy (non-hydrogen) atoms. The number of hydrogen-bond acceptors (Lipinski definition) is 3. The summed E-state index contributed by atoms with van der Waals surface area (Å²) in [5.74, 6) is -0.0813. The normalized spacial score (nSPS) is 12.5. The van der Waals surface area contributed by atoms with Gasteiger partial charge in [-0.2, -0.15) is 5.10 Å². The first-order valence-electron chi connectivity index (χ1n) is 8.75. The highest BCUT2D eigenvalue weighted by Gasteiger charge is 2.19. The average molecular weight is 336 g/mol. The van der Waals surface area contributed by atoms with Gasteiger partial charge in [-0.3, -0.25) is 4.79 Å². The topological polar surface area (TPSA) is 59.8 Å². The van der Waals surface area contributed by atoms with Crippen LogP contribution in [0.15, 0.2) is 42.6 Å². The molecule has 0 spiro atoms. The second kappa shape index (κ2) is 7.05. The highest BCUT2D eigenvalue weighted by atomic mass is 16.1. The maximum atomic E-state index is 12.8. The van der Waals surface area contributed by atoms with Gasteiger partial charge in [0.05, 0.1) is 22.8 Å². The number of aromatic nitrogens is 3. The second-order valence-electron chi connectivity index (χ2n) is 6.62. The molecular weight excluding hydrogens is 312 g/mol. The van der Waals surface area contributed by atoms with Gasteiger partial charge < -0.3 is 5.32 Å². The maximum Gasteiger partial charge on any atom is 0.252 e. The molecule has 2 aromatic heterocycles. The highest BCUT2D eigenvalue weighted by molar-refractivity contribution is 6.06. The lowest BCUT2D eigenvalue weighted by atomic mass is 10.1. The van der Waals surface area contributed by atoms with Crippen LogP contribution < -0.4 is 5.32 Å². The van der Waals surface area contributed by atoms with Crippen molar-refractivity contribution in [2.45, 2.75) is 46.2 Å². The molecule has 5 heteroatoms. The zero-order valence-electron chi connectivity index (χ0n) is 15.2. The molecular formula is C20H24N4O. The van der Waals surface area contributed by atoms with E-state index in [-0.39, 0.29) is 18.0 Å². The average Bonchev–Trinajstić information content (AvgIpc) is 3.05. The van der Waals surface area contributed by atoms with Crippen LogP contribution in [0.2, 0.25) is 0 Å². The summed E-state index contributed by atoms with van der Waals surface area (Å²) >= 11 is 0. The number of pyridine rings is 1. The van der Waals surface area contributed by atoms with Gasteiger partial charge in [0.1, 0.15) is 0 Å². The maximum absolute atomic E-state index is 12.8. The van der Waals surface area contributed by atoms with Crippen molar-refractivity contribution in [1.29, 1.82) is 0 Å². The minimum atomic E-state index is -0.0813. The van der Waals surface area contributed by atoms with Gasteiger partial charge in [0.15, 0.2) is 5.65 Å². The van der Waals surface area contributed by atoms with Crippen molar-refractivity contribution < 1.29 is 4.79 Å². The summed E-state index contributed by atoms with van der Waals surface area (Å²) in [4.78, 5) is 17.6. The van der Waals surface area contributed by atoms with Crippen molar-refractivity contribution in [2.75, 3.05) is 0 Å². The first-order chi connectivity index (χ1) is 12.0. The van der Waals surface area contributed by atoms with E-state index in [4.69, 9.17) is 4.98 Å². The van der Waals surface area contributed by atoms with Crippen LogP contribution in [-0.2, 0) is 0 Å². The van der Waals surface area contributed by atoms with Crippen molar-refractivity contribution in [3.63, 3.8) is 0 Å². The van der Waals surface area contributed by atoms with E-state index in [2.05, 4.69) is 31.2 Å². The number of nitrogens with zero attached hydrogens (tertiary/aromatic N) is 3. The largest absolute Gasteiger partial charge is 0.350 e. The number of rotatable bonds is 5. The van der Waals surface area contributed by atoms with Gasteiger partial charge in [-0.1, -0.05) is 37.3 Å².